The fourth-order valence-electron chi connectivity index (χ4n) is 3.71. The molecule has 1 aromatic heterocycles. The quantitative estimate of drug-likeness (QED) is 0.245. The van der Waals surface area contributed by atoms with Gasteiger partial charge >= 0.3 is 0 Å². The van der Waals surface area contributed by atoms with Crippen LogP contribution in [-0.4, -0.2) is 62.7 Å². The Balaban J connectivity index is 0.00000385. The molecule has 2 heterocycles. The van der Waals surface area contributed by atoms with Crippen molar-refractivity contribution < 1.29 is 13.9 Å². The summed E-state index contributed by atoms with van der Waals surface area (Å²) < 4.78 is 11.2. The molecule has 8 nitrogen and oxygen atoms in total. The Kier molecular flexibility index (Phi) is 11.7. The molecular formula is C24H36IN5O3. The van der Waals surface area contributed by atoms with Gasteiger partial charge in [0.05, 0.1) is 25.5 Å². The van der Waals surface area contributed by atoms with Gasteiger partial charge in [0.1, 0.15) is 5.76 Å². The van der Waals surface area contributed by atoms with E-state index in [0.29, 0.717) is 37.1 Å². The van der Waals surface area contributed by atoms with Crippen molar-refractivity contribution >= 4 is 35.8 Å². The van der Waals surface area contributed by atoms with Crippen LogP contribution in [0.5, 0.6) is 0 Å². The first-order valence-corrected chi connectivity index (χ1v) is 11.2. The number of carbonyl (C=O) groups excluding carboxylic acids is 1. The van der Waals surface area contributed by atoms with Crippen LogP contribution in [0.15, 0.2) is 52.1 Å². The Labute approximate surface area is 213 Å². The molecule has 1 aromatic carbocycles. The minimum absolute atomic E-state index is 0. The normalized spacial score (nSPS) is 16.8. The Hall–Kier alpha value is -2.11. The first kappa shape index (κ1) is 27.1. The van der Waals surface area contributed by atoms with E-state index < -0.39 is 0 Å². The van der Waals surface area contributed by atoms with Crippen molar-refractivity contribution in [2.75, 3.05) is 39.8 Å². The number of halogens is 1. The lowest BCUT2D eigenvalue weighted by Gasteiger charge is -2.34. The Morgan fingerprint density at radius 1 is 1.18 bits per heavy atom. The van der Waals surface area contributed by atoms with Crippen molar-refractivity contribution in [1.29, 1.82) is 0 Å². The average molecular weight is 569 g/mol. The number of guanidine groups is 1. The standard InChI is InChI=1S/C24H35N5O3.HI/c1-18(2)16-29-9-11-32-22(17-29)15-28-24(25-3)27-13-19-6-4-7-20(12-19)23(30)26-14-21-8-5-10-31-21;/h4-8,10,12,18,22H,9,11,13-17H2,1-3H3,(H,26,30)(H2,25,27,28);1H. The third-order valence-electron chi connectivity index (χ3n) is 5.22. The van der Waals surface area contributed by atoms with Crippen molar-refractivity contribution in [2.24, 2.45) is 10.9 Å². The van der Waals surface area contributed by atoms with Crippen LogP contribution < -0.4 is 16.0 Å². The van der Waals surface area contributed by atoms with Gasteiger partial charge in [0.2, 0.25) is 0 Å². The van der Waals surface area contributed by atoms with Gasteiger partial charge in [-0.3, -0.25) is 14.7 Å². The summed E-state index contributed by atoms with van der Waals surface area (Å²) in [7, 11) is 1.75. The molecule has 1 fully saturated rings. The number of furan rings is 1. The number of ether oxygens (including phenoxy) is 1. The van der Waals surface area contributed by atoms with E-state index in [1.165, 1.54) is 0 Å². The lowest BCUT2D eigenvalue weighted by molar-refractivity contribution is -0.0284. The van der Waals surface area contributed by atoms with Crippen LogP contribution in [0, 0.1) is 5.92 Å². The van der Waals surface area contributed by atoms with Gasteiger partial charge in [-0.2, -0.15) is 0 Å². The van der Waals surface area contributed by atoms with Crippen LogP contribution in [0.2, 0.25) is 0 Å². The molecule has 33 heavy (non-hydrogen) atoms. The van der Waals surface area contributed by atoms with Crippen LogP contribution in [0.25, 0.3) is 0 Å². The smallest absolute Gasteiger partial charge is 0.251 e. The molecular weight excluding hydrogens is 533 g/mol. The predicted octanol–water partition coefficient (Wildman–Crippen LogP) is 2.85. The van der Waals surface area contributed by atoms with Gasteiger partial charge in [-0.15, -0.1) is 24.0 Å². The van der Waals surface area contributed by atoms with Crippen molar-refractivity contribution in [3.05, 3.63) is 59.5 Å². The van der Waals surface area contributed by atoms with Crippen molar-refractivity contribution in [3.63, 3.8) is 0 Å². The Morgan fingerprint density at radius 2 is 2.03 bits per heavy atom. The Bertz CT molecular complexity index is 873. The Morgan fingerprint density at radius 3 is 2.76 bits per heavy atom. The summed E-state index contributed by atoms with van der Waals surface area (Å²) in [6.07, 6.45) is 1.73. The summed E-state index contributed by atoms with van der Waals surface area (Å²) >= 11 is 0. The molecule has 3 N–H and O–H groups in total. The lowest BCUT2D eigenvalue weighted by atomic mass is 10.1. The fraction of sp³-hybridized carbons (Fsp3) is 0.500. The fourth-order valence-corrected chi connectivity index (χ4v) is 3.71. The van der Waals surface area contributed by atoms with Crippen LogP contribution in [-0.2, 0) is 17.8 Å². The summed E-state index contributed by atoms with van der Waals surface area (Å²) in [6, 6.07) is 11.2. The first-order chi connectivity index (χ1) is 15.5. The summed E-state index contributed by atoms with van der Waals surface area (Å²) in [5.74, 6) is 1.95. The third kappa shape index (κ3) is 9.34. The van der Waals surface area contributed by atoms with Crippen LogP contribution in [0.1, 0.15) is 35.5 Å². The highest BCUT2D eigenvalue weighted by Gasteiger charge is 2.21. The van der Waals surface area contributed by atoms with E-state index in [4.69, 9.17) is 9.15 Å². The van der Waals surface area contributed by atoms with E-state index in [9.17, 15) is 4.79 Å². The molecule has 1 saturated heterocycles. The van der Waals surface area contributed by atoms with Crippen LogP contribution in [0.3, 0.4) is 0 Å². The summed E-state index contributed by atoms with van der Waals surface area (Å²) in [4.78, 5) is 19.2. The van der Waals surface area contributed by atoms with Gasteiger partial charge in [0.25, 0.3) is 5.91 Å². The molecule has 0 radical (unpaired) electrons. The molecule has 9 heteroatoms. The zero-order valence-corrected chi connectivity index (χ0v) is 22.0. The van der Waals surface area contributed by atoms with Gasteiger partial charge in [-0.05, 0) is 35.7 Å². The zero-order valence-electron chi connectivity index (χ0n) is 19.7. The van der Waals surface area contributed by atoms with Crippen molar-refractivity contribution in [3.8, 4) is 0 Å². The summed E-state index contributed by atoms with van der Waals surface area (Å²) in [6.45, 7) is 9.89. The van der Waals surface area contributed by atoms with Gasteiger partial charge in [-0.25, -0.2) is 0 Å². The second-order valence-electron chi connectivity index (χ2n) is 8.42. The number of nitrogens with one attached hydrogen (secondary N) is 3. The van der Waals surface area contributed by atoms with Crippen molar-refractivity contribution in [1.82, 2.24) is 20.9 Å². The minimum Gasteiger partial charge on any atom is -0.467 e. The molecule has 0 saturated carbocycles. The molecule has 1 unspecified atom stereocenters. The molecule has 1 amide bonds. The number of rotatable bonds is 9. The SMILES string of the molecule is CN=C(NCc1cccc(C(=O)NCc2ccco2)c1)NCC1CN(CC(C)C)CCO1.I. The number of aliphatic imine (C=N–C) groups is 1. The highest BCUT2D eigenvalue weighted by atomic mass is 127. The maximum Gasteiger partial charge on any atom is 0.251 e. The molecule has 1 atom stereocenters. The number of hydrogen-bond donors (Lipinski definition) is 3. The van der Waals surface area contributed by atoms with Gasteiger partial charge < -0.3 is 25.1 Å². The van der Waals surface area contributed by atoms with Crippen molar-refractivity contribution in [2.45, 2.75) is 33.0 Å². The molecule has 0 aliphatic carbocycles. The molecule has 1 aliphatic heterocycles. The van der Waals surface area contributed by atoms with E-state index in [1.807, 2.05) is 24.3 Å². The number of carbonyl (C=O) groups is 1. The van der Waals surface area contributed by atoms with Gasteiger partial charge in [0, 0.05) is 45.3 Å². The van der Waals surface area contributed by atoms with E-state index in [2.05, 4.69) is 39.7 Å². The third-order valence-corrected chi connectivity index (χ3v) is 5.22. The highest BCUT2D eigenvalue weighted by Crippen LogP contribution is 2.08. The second kappa shape index (κ2) is 14.2. The van der Waals surface area contributed by atoms with E-state index in [-0.39, 0.29) is 36.0 Å². The summed E-state index contributed by atoms with van der Waals surface area (Å²) in [5, 5.41) is 9.54. The number of benzene rings is 1. The molecule has 0 bridgehead atoms. The molecule has 3 rings (SSSR count). The van der Waals surface area contributed by atoms with Crippen LogP contribution >= 0.6 is 24.0 Å². The van der Waals surface area contributed by atoms with E-state index in [1.54, 1.807) is 25.4 Å². The van der Waals surface area contributed by atoms with Crippen LogP contribution in [0.4, 0.5) is 0 Å². The molecule has 0 spiro atoms. The largest absolute Gasteiger partial charge is 0.467 e. The highest BCUT2D eigenvalue weighted by molar-refractivity contribution is 14.0. The van der Waals surface area contributed by atoms with E-state index >= 15 is 0 Å². The molecule has 1 aliphatic rings. The second-order valence-corrected chi connectivity index (χ2v) is 8.42. The number of morpholine rings is 1. The predicted molar refractivity (Wildman–Crippen MR) is 141 cm³/mol. The number of amides is 1. The molecule has 2 aromatic rings. The maximum absolute atomic E-state index is 12.4. The van der Waals surface area contributed by atoms with E-state index in [0.717, 1.165) is 37.6 Å². The average Bonchev–Trinajstić information content (AvgIpc) is 3.31. The summed E-state index contributed by atoms with van der Waals surface area (Å²) in [5.41, 5.74) is 1.61. The first-order valence-electron chi connectivity index (χ1n) is 11.2. The maximum atomic E-state index is 12.4. The van der Waals surface area contributed by atoms with Gasteiger partial charge in [0.15, 0.2) is 5.96 Å². The monoisotopic (exact) mass is 569 g/mol. The number of nitrogens with zero attached hydrogens (tertiary/aromatic N) is 2. The zero-order chi connectivity index (χ0) is 22.8. The van der Waals surface area contributed by atoms with Gasteiger partial charge in [-0.1, -0.05) is 26.0 Å². The molecule has 182 valence electrons. The topological polar surface area (TPSA) is 91.1 Å². The number of hydrogen-bond acceptors (Lipinski definition) is 5. The minimum atomic E-state index is -0.133. The lowest BCUT2D eigenvalue weighted by Crippen LogP contribution is -2.50.